The number of ether oxygens (including phenoxy) is 2. The van der Waals surface area contributed by atoms with Crippen molar-refractivity contribution in [3.05, 3.63) is 28.2 Å². The molecule has 0 radical (unpaired) electrons. The van der Waals surface area contributed by atoms with E-state index in [1.54, 1.807) is 0 Å². The van der Waals surface area contributed by atoms with E-state index in [4.69, 9.17) is 9.47 Å². The van der Waals surface area contributed by atoms with E-state index in [0.29, 0.717) is 6.04 Å². The van der Waals surface area contributed by atoms with E-state index in [2.05, 4.69) is 33.4 Å². The molecule has 3 nitrogen and oxygen atoms in total. The van der Waals surface area contributed by atoms with E-state index in [1.807, 2.05) is 6.07 Å². The highest BCUT2D eigenvalue weighted by atomic mass is 79.9. The summed E-state index contributed by atoms with van der Waals surface area (Å²) >= 11 is 3.54. The number of hydrogen-bond donors (Lipinski definition) is 1. The maximum Gasteiger partial charge on any atom is 0.124 e. The topological polar surface area (TPSA) is 30.5 Å². The lowest BCUT2D eigenvalue weighted by atomic mass is 9.99. The van der Waals surface area contributed by atoms with Crippen LogP contribution in [0, 0.1) is 5.92 Å². The average molecular weight is 326 g/mol. The molecule has 0 amide bonds. The van der Waals surface area contributed by atoms with Crippen molar-refractivity contribution in [3.8, 4) is 5.75 Å². The van der Waals surface area contributed by atoms with Gasteiger partial charge in [0.05, 0.1) is 6.61 Å². The summed E-state index contributed by atoms with van der Waals surface area (Å²) in [6.07, 6.45) is 3.48. The molecule has 0 aromatic heterocycles. The van der Waals surface area contributed by atoms with Gasteiger partial charge in [0.25, 0.3) is 0 Å². The smallest absolute Gasteiger partial charge is 0.124 e. The van der Waals surface area contributed by atoms with Crippen LogP contribution in [0.15, 0.2) is 22.7 Å². The molecule has 4 heteroatoms. The van der Waals surface area contributed by atoms with Crippen LogP contribution >= 0.6 is 15.9 Å². The highest BCUT2D eigenvalue weighted by Gasteiger charge is 2.22. The fraction of sp³-hybridized carbons (Fsp3) is 0.600. The largest absolute Gasteiger partial charge is 0.493 e. The van der Waals surface area contributed by atoms with Crippen molar-refractivity contribution in [1.82, 2.24) is 5.32 Å². The SMILES string of the molecule is Brc1ccc2c(c1)C(NCCC1CCOC1)CCO2. The Morgan fingerprint density at radius 2 is 2.21 bits per heavy atom. The molecule has 2 heterocycles. The van der Waals surface area contributed by atoms with Crippen LogP contribution in [0.1, 0.15) is 30.9 Å². The first kappa shape index (κ1) is 13.4. The molecule has 1 aromatic carbocycles. The third kappa shape index (κ3) is 3.30. The maximum absolute atomic E-state index is 5.71. The van der Waals surface area contributed by atoms with Gasteiger partial charge in [-0.1, -0.05) is 15.9 Å². The van der Waals surface area contributed by atoms with Crippen LogP contribution in [-0.2, 0) is 4.74 Å². The number of hydrogen-bond acceptors (Lipinski definition) is 3. The standard InChI is InChI=1S/C15H20BrNO2/c16-12-1-2-15-13(9-12)14(5-8-19-15)17-6-3-11-4-7-18-10-11/h1-2,9,11,14,17H,3-8,10H2. The highest BCUT2D eigenvalue weighted by molar-refractivity contribution is 9.10. The number of benzene rings is 1. The van der Waals surface area contributed by atoms with Crippen molar-refractivity contribution >= 4 is 15.9 Å². The summed E-state index contributed by atoms with van der Waals surface area (Å²) in [6, 6.07) is 6.68. The fourth-order valence-corrected chi connectivity index (χ4v) is 3.23. The predicted molar refractivity (Wildman–Crippen MR) is 78.5 cm³/mol. The average Bonchev–Trinajstić information content (AvgIpc) is 2.92. The fourth-order valence-electron chi connectivity index (χ4n) is 2.85. The molecule has 2 aliphatic rings. The van der Waals surface area contributed by atoms with Gasteiger partial charge in [0.15, 0.2) is 0 Å². The van der Waals surface area contributed by atoms with Gasteiger partial charge in [0.2, 0.25) is 0 Å². The Morgan fingerprint density at radius 3 is 3.05 bits per heavy atom. The number of halogens is 1. The molecule has 2 unspecified atom stereocenters. The van der Waals surface area contributed by atoms with E-state index < -0.39 is 0 Å². The molecule has 0 saturated carbocycles. The summed E-state index contributed by atoms with van der Waals surface area (Å²) in [5, 5.41) is 3.68. The Bertz CT molecular complexity index is 432. The summed E-state index contributed by atoms with van der Waals surface area (Å²) < 4.78 is 12.2. The predicted octanol–water partition coefficient (Wildman–Crippen LogP) is 3.29. The lowest BCUT2D eigenvalue weighted by Gasteiger charge is -2.27. The van der Waals surface area contributed by atoms with Gasteiger partial charge in [-0.2, -0.15) is 0 Å². The second-order valence-corrected chi connectivity index (χ2v) is 6.26. The van der Waals surface area contributed by atoms with Crippen molar-refractivity contribution < 1.29 is 9.47 Å². The molecule has 0 bridgehead atoms. The minimum absolute atomic E-state index is 0.420. The van der Waals surface area contributed by atoms with Gasteiger partial charge < -0.3 is 14.8 Å². The molecular weight excluding hydrogens is 306 g/mol. The van der Waals surface area contributed by atoms with Gasteiger partial charge in [-0.3, -0.25) is 0 Å². The zero-order chi connectivity index (χ0) is 13.1. The van der Waals surface area contributed by atoms with Crippen molar-refractivity contribution in [1.29, 1.82) is 0 Å². The molecule has 1 aromatic rings. The molecule has 2 aliphatic heterocycles. The van der Waals surface area contributed by atoms with Gasteiger partial charge >= 0.3 is 0 Å². The van der Waals surface area contributed by atoms with Crippen molar-refractivity contribution in [3.63, 3.8) is 0 Å². The Kier molecular flexibility index (Phi) is 4.41. The summed E-state index contributed by atoms with van der Waals surface area (Å²) in [7, 11) is 0. The van der Waals surface area contributed by atoms with Crippen LogP contribution < -0.4 is 10.1 Å². The molecule has 0 aliphatic carbocycles. The third-order valence-corrected chi connectivity index (χ3v) is 4.47. The van der Waals surface area contributed by atoms with Crippen molar-refractivity contribution in [2.45, 2.75) is 25.3 Å². The number of fused-ring (bicyclic) bond motifs is 1. The summed E-state index contributed by atoms with van der Waals surface area (Å²) in [5.41, 5.74) is 1.28. The molecule has 104 valence electrons. The maximum atomic E-state index is 5.71. The first-order chi connectivity index (χ1) is 9.33. The third-order valence-electron chi connectivity index (χ3n) is 3.98. The number of rotatable bonds is 4. The summed E-state index contributed by atoms with van der Waals surface area (Å²) in [5.74, 6) is 1.77. The van der Waals surface area contributed by atoms with Crippen LogP contribution in [0.4, 0.5) is 0 Å². The van der Waals surface area contributed by atoms with E-state index in [-0.39, 0.29) is 0 Å². The lowest BCUT2D eigenvalue weighted by molar-refractivity contribution is 0.183. The van der Waals surface area contributed by atoms with E-state index in [1.165, 1.54) is 18.4 Å². The minimum Gasteiger partial charge on any atom is -0.493 e. The molecule has 1 saturated heterocycles. The van der Waals surface area contributed by atoms with Crippen LogP contribution in [0.25, 0.3) is 0 Å². The lowest BCUT2D eigenvalue weighted by Crippen LogP contribution is -2.28. The zero-order valence-electron chi connectivity index (χ0n) is 11.0. The van der Waals surface area contributed by atoms with Gasteiger partial charge in [0.1, 0.15) is 5.75 Å². The van der Waals surface area contributed by atoms with Crippen LogP contribution in [0.3, 0.4) is 0 Å². The Labute approximate surface area is 122 Å². The van der Waals surface area contributed by atoms with Crippen LogP contribution in [0.5, 0.6) is 5.75 Å². The molecule has 0 spiro atoms. The van der Waals surface area contributed by atoms with Gasteiger partial charge in [0, 0.05) is 35.7 Å². The minimum atomic E-state index is 0.420. The van der Waals surface area contributed by atoms with Gasteiger partial charge in [-0.15, -0.1) is 0 Å². The molecule has 2 atom stereocenters. The van der Waals surface area contributed by atoms with Crippen molar-refractivity contribution in [2.24, 2.45) is 5.92 Å². The van der Waals surface area contributed by atoms with Crippen LogP contribution in [0.2, 0.25) is 0 Å². The Hall–Kier alpha value is -0.580. The molecule has 3 rings (SSSR count). The Morgan fingerprint density at radius 1 is 1.26 bits per heavy atom. The van der Waals surface area contributed by atoms with Gasteiger partial charge in [-0.05, 0) is 43.5 Å². The highest BCUT2D eigenvalue weighted by Crippen LogP contribution is 2.34. The summed E-state index contributed by atoms with van der Waals surface area (Å²) in [6.45, 7) is 3.75. The molecule has 19 heavy (non-hydrogen) atoms. The number of nitrogens with one attached hydrogen (secondary N) is 1. The molecule has 1 fully saturated rings. The first-order valence-corrected chi connectivity index (χ1v) is 7.85. The van der Waals surface area contributed by atoms with E-state index in [9.17, 15) is 0 Å². The van der Waals surface area contributed by atoms with E-state index >= 15 is 0 Å². The second kappa shape index (κ2) is 6.25. The molecular formula is C15H20BrNO2. The first-order valence-electron chi connectivity index (χ1n) is 7.06. The van der Waals surface area contributed by atoms with Gasteiger partial charge in [-0.25, -0.2) is 0 Å². The second-order valence-electron chi connectivity index (χ2n) is 5.34. The quantitative estimate of drug-likeness (QED) is 0.921. The van der Waals surface area contributed by atoms with Crippen molar-refractivity contribution in [2.75, 3.05) is 26.4 Å². The zero-order valence-corrected chi connectivity index (χ0v) is 12.6. The monoisotopic (exact) mass is 325 g/mol. The molecule has 1 N–H and O–H groups in total. The summed E-state index contributed by atoms with van der Waals surface area (Å²) in [4.78, 5) is 0. The Balaban J connectivity index is 1.58. The van der Waals surface area contributed by atoms with E-state index in [0.717, 1.165) is 48.9 Å². The van der Waals surface area contributed by atoms with Crippen LogP contribution in [-0.4, -0.2) is 26.4 Å². The normalized spacial score (nSPS) is 25.9.